The summed E-state index contributed by atoms with van der Waals surface area (Å²) < 4.78 is 5.83. The molecule has 0 spiro atoms. The number of aryl methyl sites for hydroxylation is 2. The molecule has 0 unspecified atom stereocenters. The van der Waals surface area contributed by atoms with Gasteiger partial charge >= 0.3 is 0 Å². The smallest absolute Gasteiger partial charge is 0.252 e. The number of fused-ring (bicyclic) bond motifs is 1. The number of nitrogens with two attached hydrogens (primary N) is 1. The Bertz CT molecular complexity index is 892. The van der Waals surface area contributed by atoms with Crippen LogP contribution in [-0.2, 0) is 0 Å². The van der Waals surface area contributed by atoms with E-state index >= 15 is 0 Å². The van der Waals surface area contributed by atoms with Gasteiger partial charge in [-0.3, -0.25) is 4.79 Å². The molecule has 22 heavy (non-hydrogen) atoms. The highest BCUT2D eigenvalue weighted by Crippen LogP contribution is 2.36. The van der Waals surface area contributed by atoms with Crippen LogP contribution in [0.4, 0.5) is 0 Å². The van der Waals surface area contributed by atoms with E-state index in [-0.39, 0.29) is 5.56 Å². The fourth-order valence-electron chi connectivity index (χ4n) is 2.12. The minimum atomic E-state index is -0.610. The number of thiophene rings is 1. The Hall–Kier alpha value is -2.18. The molecule has 7 heteroatoms. The first-order valence-electron chi connectivity index (χ1n) is 6.45. The Kier molecular flexibility index (Phi) is 3.72. The topological polar surface area (TPSA) is 78.1 Å². The average Bonchev–Trinajstić information content (AvgIpc) is 2.77. The van der Waals surface area contributed by atoms with E-state index in [4.69, 9.17) is 22.1 Å². The zero-order valence-corrected chi connectivity index (χ0v) is 13.5. The van der Waals surface area contributed by atoms with Gasteiger partial charge in [0.1, 0.15) is 16.9 Å². The van der Waals surface area contributed by atoms with Crippen LogP contribution in [0.3, 0.4) is 0 Å². The first kappa shape index (κ1) is 14.7. The molecule has 0 radical (unpaired) electrons. The van der Waals surface area contributed by atoms with Crippen LogP contribution in [0.2, 0.25) is 5.02 Å². The van der Waals surface area contributed by atoms with Crippen LogP contribution in [0.25, 0.3) is 10.2 Å². The summed E-state index contributed by atoms with van der Waals surface area (Å²) in [6.07, 6.45) is 1.44. The molecule has 0 aliphatic heterocycles. The largest absolute Gasteiger partial charge is 0.437 e. The van der Waals surface area contributed by atoms with Crippen molar-refractivity contribution in [1.29, 1.82) is 0 Å². The number of aromatic nitrogens is 2. The van der Waals surface area contributed by atoms with Gasteiger partial charge in [0.05, 0.1) is 10.9 Å². The maximum absolute atomic E-state index is 11.6. The number of carbonyl (C=O) groups is 1. The minimum Gasteiger partial charge on any atom is -0.437 e. The number of carbonyl (C=O) groups excluding carboxylic acids is 1. The second-order valence-corrected chi connectivity index (χ2v) is 6.39. The van der Waals surface area contributed by atoms with Crippen molar-refractivity contribution >= 4 is 39.1 Å². The molecule has 0 atom stereocenters. The Morgan fingerprint density at radius 1 is 1.32 bits per heavy atom. The van der Waals surface area contributed by atoms with E-state index in [0.29, 0.717) is 16.7 Å². The van der Waals surface area contributed by atoms with E-state index in [1.54, 1.807) is 23.5 Å². The molecule has 0 aliphatic rings. The second kappa shape index (κ2) is 5.55. The third-order valence-corrected chi connectivity index (χ3v) is 4.69. The maximum Gasteiger partial charge on any atom is 0.252 e. The Balaban J connectivity index is 2.13. The van der Waals surface area contributed by atoms with Gasteiger partial charge < -0.3 is 10.5 Å². The zero-order chi connectivity index (χ0) is 15.9. The third kappa shape index (κ3) is 2.51. The summed E-state index contributed by atoms with van der Waals surface area (Å²) in [7, 11) is 0. The molecule has 0 bridgehead atoms. The van der Waals surface area contributed by atoms with Gasteiger partial charge in [-0.25, -0.2) is 9.97 Å². The molecular formula is C15H12ClN3O2S. The van der Waals surface area contributed by atoms with Crippen LogP contribution < -0.4 is 10.5 Å². The molecule has 5 nitrogen and oxygen atoms in total. The molecule has 3 aromatic rings. The van der Waals surface area contributed by atoms with E-state index in [1.807, 2.05) is 13.8 Å². The van der Waals surface area contributed by atoms with E-state index in [1.165, 1.54) is 12.4 Å². The van der Waals surface area contributed by atoms with Gasteiger partial charge in [0, 0.05) is 9.90 Å². The molecule has 112 valence electrons. The monoisotopic (exact) mass is 333 g/mol. The minimum absolute atomic E-state index is 0.212. The van der Waals surface area contributed by atoms with Crippen molar-refractivity contribution < 1.29 is 9.53 Å². The Morgan fingerprint density at radius 2 is 2.09 bits per heavy atom. The van der Waals surface area contributed by atoms with Gasteiger partial charge in [0.15, 0.2) is 0 Å². The number of halogens is 1. The predicted molar refractivity (Wildman–Crippen MR) is 86.9 cm³/mol. The molecule has 2 heterocycles. The van der Waals surface area contributed by atoms with Crippen molar-refractivity contribution in [1.82, 2.24) is 9.97 Å². The predicted octanol–water partition coefficient (Wildman–Crippen LogP) is 3.85. The Morgan fingerprint density at radius 3 is 2.82 bits per heavy atom. The highest BCUT2D eigenvalue weighted by molar-refractivity contribution is 7.18. The number of hydrogen-bond acceptors (Lipinski definition) is 5. The van der Waals surface area contributed by atoms with Crippen molar-refractivity contribution in [3.05, 3.63) is 45.6 Å². The maximum atomic E-state index is 11.6. The summed E-state index contributed by atoms with van der Waals surface area (Å²) in [5.74, 6) is 0.109. The number of benzene rings is 1. The lowest BCUT2D eigenvalue weighted by Crippen LogP contribution is -2.12. The van der Waals surface area contributed by atoms with E-state index < -0.39 is 5.91 Å². The quantitative estimate of drug-likeness (QED) is 0.789. The molecule has 0 saturated heterocycles. The number of hydrogen-bond donors (Lipinski definition) is 1. The molecule has 1 amide bonds. The molecule has 0 fully saturated rings. The fraction of sp³-hybridized carbons (Fsp3) is 0.133. The lowest BCUT2D eigenvalue weighted by Gasteiger charge is -2.09. The summed E-state index contributed by atoms with van der Waals surface area (Å²) in [5, 5.41) is 1.26. The molecule has 0 aliphatic carbocycles. The molecular weight excluding hydrogens is 322 g/mol. The first-order chi connectivity index (χ1) is 10.5. The lowest BCUT2D eigenvalue weighted by molar-refractivity contribution is 0.0998. The zero-order valence-electron chi connectivity index (χ0n) is 11.9. The first-order valence-corrected chi connectivity index (χ1v) is 7.64. The van der Waals surface area contributed by atoms with Crippen LogP contribution in [0, 0.1) is 13.8 Å². The summed E-state index contributed by atoms with van der Waals surface area (Å²) in [6.45, 7) is 4.00. The molecule has 2 N–H and O–H groups in total. The van der Waals surface area contributed by atoms with Gasteiger partial charge in [0.25, 0.3) is 5.91 Å². The number of rotatable bonds is 3. The number of amides is 1. The molecule has 1 aromatic carbocycles. The summed E-state index contributed by atoms with van der Waals surface area (Å²) in [4.78, 5) is 22.0. The van der Waals surface area contributed by atoms with E-state index in [9.17, 15) is 4.79 Å². The van der Waals surface area contributed by atoms with Crippen LogP contribution >= 0.6 is 22.9 Å². The van der Waals surface area contributed by atoms with Crippen molar-refractivity contribution in [2.24, 2.45) is 5.73 Å². The van der Waals surface area contributed by atoms with Gasteiger partial charge in [0.2, 0.25) is 5.88 Å². The Labute approximate surface area is 135 Å². The number of nitrogens with zero attached hydrogens (tertiary/aromatic N) is 2. The van der Waals surface area contributed by atoms with Gasteiger partial charge in [-0.15, -0.1) is 11.3 Å². The molecule has 0 saturated carbocycles. The van der Waals surface area contributed by atoms with Crippen LogP contribution in [-0.4, -0.2) is 15.9 Å². The number of ether oxygens (including phenoxy) is 1. The highest BCUT2D eigenvalue weighted by atomic mass is 35.5. The summed E-state index contributed by atoms with van der Waals surface area (Å²) in [6, 6.07) is 4.71. The van der Waals surface area contributed by atoms with Crippen molar-refractivity contribution in [2.45, 2.75) is 13.8 Å². The third-order valence-electron chi connectivity index (χ3n) is 3.34. The van der Waals surface area contributed by atoms with Crippen molar-refractivity contribution in [2.75, 3.05) is 0 Å². The van der Waals surface area contributed by atoms with Crippen molar-refractivity contribution in [3.8, 4) is 11.6 Å². The average molecular weight is 334 g/mol. The normalized spacial score (nSPS) is 10.9. The number of primary amides is 1. The van der Waals surface area contributed by atoms with Crippen LogP contribution in [0.1, 0.15) is 20.8 Å². The standard InChI is InChI=1S/C15H12ClN3O2S/c1-7-8(2)22-15-12(7)14(18-6-19-15)21-11-4-3-9(16)5-10(11)13(17)20/h3-6H,1-2H3,(H2,17,20). The lowest BCUT2D eigenvalue weighted by atomic mass is 10.2. The summed E-state index contributed by atoms with van der Waals surface area (Å²) in [5.41, 5.74) is 6.65. The van der Waals surface area contributed by atoms with E-state index in [0.717, 1.165) is 20.7 Å². The highest BCUT2D eigenvalue weighted by Gasteiger charge is 2.16. The molecule has 3 rings (SSSR count). The fourth-order valence-corrected chi connectivity index (χ4v) is 3.27. The van der Waals surface area contributed by atoms with Gasteiger partial charge in [-0.1, -0.05) is 11.6 Å². The van der Waals surface area contributed by atoms with Gasteiger partial charge in [-0.2, -0.15) is 0 Å². The van der Waals surface area contributed by atoms with Gasteiger partial charge in [-0.05, 0) is 37.6 Å². The second-order valence-electron chi connectivity index (χ2n) is 4.75. The SMILES string of the molecule is Cc1sc2ncnc(Oc3ccc(Cl)cc3C(N)=O)c2c1C. The molecule has 2 aromatic heterocycles. The van der Waals surface area contributed by atoms with E-state index in [2.05, 4.69) is 9.97 Å². The van der Waals surface area contributed by atoms with Crippen LogP contribution in [0.5, 0.6) is 11.6 Å². The summed E-state index contributed by atoms with van der Waals surface area (Å²) >= 11 is 7.47. The van der Waals surface area contributed by atoms with Crippen molar-refractivity contribution in [3.63, 3.8) is 0 Å². The van der Waals surface area contributed by atoms with Crippen LogP contribution in [0.15, 0.2) is 24.5 Å².